The Morgan fingerprint density at radius 3 is 2.03 bits per heavy atom. The normalized spacial score (nSPS) is 10.5. The molecule has 1 heterocycles. The maximum Gasteiger partial charge on any atom is 0.255 e. The van der Waals surface area contributed by atoms with Crippen LogP contribution in [0.1, 0.15) is 15.9 Å². The Labute approximate surface area is 203 Å². The summed E-state index contributed by atoms with van der Waals surface area (Å²) in [6.07, 6.45) is 0. The number of rotatable bonds is 8. The Kier molecular flexibility index (Phi) is 6.91. The first kappa shape index (κ1) is 23.7. The molecule has 8 nitrogen and oxygen atoms in total. The number of anilines is 3. The molecule has 0 fully saturated rings. The number of carbonyl (C=O) groups excluding carboxylic acids is 1. The van der Waals surface area contributed by atoms with Gasteiger partial charge < -0.3 is 29.6 Å². The molecule has 3 aromatic carbocycles. The predicted octanol–water partition coefficient (Wildman–Crippen LogP) is 5.57. The average Bonchev–Trinajstić information content (AvgIpc) is 2.88. The van der Waals surface area contributed by atoms with Crippen molar-refractivity contribution in [1.29, 1.82) is 0 Å². The zero-order chi connectivity index (χ0) is 24.9. The smallest absolute Gasteiger partial charge is 0.255 e. The van der Waals surface area contributed by atoms with Crippen molar-refractivity contribution in [2.24, 2.45) is 0 Å². The second-order valence-corrected chi connectivity index (χ2v) is 7.78. The van der Waals surface area contributed by atoms with Gasteiger partial charge >= 0.3 is 0 Å². The molecule has 0 bridgehead atoms. The lowest BCUT2D eigenvalue weighted by atomic mass is 10.1. The van der Waals surface area contributed by atoms with Gasteiger partial charge in [-0.2, -0.15) is 0 Å². The number of hydrogen-bond acceptors (Lipinski definition) is 7. The van der Waals surface area contributed by atoms with Crippen molar-refractivity contribution >= 4 is 34.0 Å². The number of nitrogens with zero attached hydrogens (tertiary/aromatic N) is 1. The van der Waals surface area contributed by atoms with E-state index in [9.17, 15) is 4.79 Å². The van der Waals surface area contributed by atoms with Gasteiger partial charge in [-0.3, -0.25) is 4.79 Å². The van der Waals surface area contributed by atoms with Crippen molar-refractivity contribution in [3.63, 3.8) is 0 Å². The molecule has 0 aliphatic carbocycles. The van der Waals surface area contributed by atoms with Crippen molar-refractivity contribution in [2.75, 3.05) is 39.1 Å². The van der Waals surface area contributed by atoms with Gasteiger partial charge in [0.2, 0.25) is 5.75 Å². The molecule has 1 amide bonds. The predicted molar refractivity (Wildman–Crippen MR) is 137 cm³/mol. The Balaban J connectivity index is 1.57. The number of carbonyl (C=O) groups is 1. The van der Waals surface area contributed by atoms with Gasteiger partial charge in [0, 0.05) is 22.3 Å². The molecule has 4 aromatic rings. The Morgan fingerprint density at radius 1 is 0.771 bits per heavy atom. The number of ether oxygens (including phenoxy) is 4. The number of aryl methyl sites for hydroxylation is 1. The summed E-state index contributed by atoms with van der Waals surface area (Å²) in [4.78, 5) is 17.7. The third kappa shape index (κ3) is 5.06. The molecular weight excluding hydrogens is 446 g/mol. The van der Waals surface area contributed by atoms with Crippen LogP contribution in [0.4, 0.5) is 17.2 Å². The number of benzene rings is 3. The summed E-state index contributed by atoms with van der Waals surface area (Å²) in [6, 6.07) is 18.4. The number of pyridine rings is 1. The third-order valence-corrected chi connectivity index (χ3v) is 5.56. The highest BCUT2D eigenvalue weighted by molar-refractivity contribution is 6.06. The maximum absolute atomic E-state index is 13.0. The molecular formula is C27H27N3O5. The van der Waals surface area contributed by atoms with Crippen LogP contribution < -0.4 is 29.6 Å². The first-order valence-corrected chi connectivity index (χ1v) is 10.9. The summed E-state index contributed by atoms with van der Waals surface area (Å²) < 4.78 is 21.2. The molecule has 35 heavy (non-hydrogen) atoms. The van der Waals surface area contributed by atoms with Gasteiger partial charge in [0.25, 0.3) is 5.91 Å². The monoisotopic (exact) mass is 473 g/mol. The lowest BCUT2D eigenvalue weighted by Crippen LogP contribution is -2.12. The molecule has 2 N–H and O–H groups in total. The van der Waals surface area contributed by atoms with Gasteiger partial charge in [-0.25, -0.2) is 4.98 Å². The minimum absolute atomic E-state index is 0.299. The van der Waals surface area contributed by atoms with Crippen LogP contribution in [0.3, 0.4) is 0 Å². The number of aromatic nitrogens is 1. The molecule has 0 unspecified atom stereocenters. The van der Waals surface area contributed by atoms with E-state index < -0.39 is 0 Å². The van der Waals surface area contributed by atoms with E-state index in [1.54, 1.807) is 19.2 Å². The van der Waals surface area contributed by atoms with E-state index in [1.165, 1.54) is 21.3 Å². The lowest BCUT2D eigenvalue weighted by Gasteiger charge is -2.14. The number of fused-ring (bicyclic) bond motifs is 1. The summed E-state index contributed by atoms with van der Waals surface area (Å²) in [5, 5.41) is 7.19. The summed E-state index contributed by atoms with van der Waals surface area (Å²) >= 11 is 0. The minimum atomic E-state index is -0.299. The van der Waals surface area contributed by atoms with E-state index in [2.05, 4.69) is 10.6 Å². The van der Waals surface area contributed by atoms with Gasteiger partial charge in [0.05, 0.1) is 34.0 Å². The summed E-state index contributed by atoms with van der Waals surface area (Å²) in [5.41, 5.74) is 3.78. The summed E-state index contributed by atoms with van der Waals surface area (Å²) in [7, 11) is 6.17. The number of hydrogen-bond donors (Lipinski definition) is 2. The quantitative estimate of drug-likeness (QED) is 0.345. The van der Waals surface area contributed by atoms with E-state index >= 15 is 0 Å². The maximum atomic E-state index is 13.0. The second kappa shape index (κ2) is 10.2. The fourth-order valence-electron chi connectivity index (χ4n) is 3.77. The number of methoxy groups -OCH3 is 4. The Bertz CT molecular complexity index is 1340. The SMILES string of the molecule is COc1ccc(Nc2cc(C)c3cc(NC(=O)c4cc(OC)c(OC)c(OC)c4)ccc3n2)cc1. The molecule has 8 heteroatoms. The largest absolute Gasteiger partial charge is 0.497 e. The van der Waals surface area contributed by atoms with Crippen molar-refractivity contribution in [3.8, 4) is 23.0 Å². The van der Waals surface area contributed by atoms with Crippen LogP contribution in [0.15, 0.2) is 60.7 Å². The van der Waals surface area contributed by atoms with E-state index in [4.69, 9.17) is 23.9 Å². The van der Waals surface area contributed by atoms with Crippen LogP contribution in [0.5, 0.6) is 23.0 Å². The van der Waals surface area contributed by atoms with Crippen LogP contribution in [0.2, 0.25) is 0 Å². The second-order valence-electron chi connectivity index (χ2n) is 7.78. The van der Waals surface area contributed by atoms with Crippen LogP contribution in [-0.2, 0) is 0 Å². The van der Waals surface area contributed by atoms with Gasteiger partial charge in [0.15, 0.2) is 11.5 Å². The molecule has 0 saturated carbocycles. The summed E-state index contributed by atoms with van der Waals surface area (Å²) in [6.45, 7) is 2.01. The zero-order valence-electron chi connectivity index (χ0n) is 20.3. The molecule has 0 spiro atoms. The first-order valence-electron chi connectivity index (χ1n) is 10.9. The van der Waals surface area contributed by atoms with Crippen LogP contribution in [-0.4, -0.2) is 39.3 Å². The van der Waals surface area contributed by atoms with Crippen molar-refractivity contribution in [1.82, 2.24) is 4.98 Å². The van der Waals surface area contributed by atoms with E-state index in [-0.39, 0.29) is 5.91 Å². The molecule has 0 radical (unpaired) electrons. The van der Waals surface area contributed by atoms with E-state index in [0.29, 0.717) is 28.5 Å². The molecule has 0 aliphatic rings. The van der Waals surface area contributed by atoms with Crippen LogP contribution in [0.25, 0.3) is 10.9 Å². The molecule has 4 rings (SSSR count). The topological polar surface area (TPSA) is 90.9 Å². The number of nitrogens with one attached hydrogen (secondary N) is 2. The van der Waals surface area contributed by atoms with E-state index in [1.807, 2.05) is 55.5 Å². The molecule has 1 aromatic heterocycles. The Hall–Kier alpha value is -4.46. The highest BCUT2D eigenvalue weighted by atomic mass is 16.5. The Morgan fingerprint density at radius 2 is 1.43 bits per heavy atom. The van der Waals surface area contributed by atoms with Crippen molar-refractivity contribution < 1.29 is 23.7 Å². The number of amides is 1. The zero-order valence-corrected chi connectivity index (χ0v) is 20.3. The van der Waals surface area contributed by atoms with Crippen molar-refractivity contribution in [2.45, 2.75) is 6.92 Å². The molecule has 180 valence electrons. The third-order valence-electron chi connectivity index (χ3n) is 5.56. The average molecular weight is 474 g/mol. The fourth-order valence-corrected chi connectivity index (χ4v) is 3.77. The fraction of sp³-hybridized carbons (Fsp3) is 0.185. The molecule has 0 saturated heterocycles. The summed E-state index contributed by atoms with van der Waals surface area (Å²) in [5.74, 6) is 2.47. The van der Waals surface area contributed by atoms with Gasteiger partial charge in [-0.15, -0.1) is 0 Å². The van der Waals surface area contributed by atoms with Gasteiger partial charge in [-0.1, -0.05) is 0 Å². The molecule has 0 atom stereocenters. The van der Waals surface area contributed by atoms with Crippen molar-refractivity contribution in [3.05, 3.63) is 71.8 Å². The molecule has 0 aliphatic heterocycles. The standard InChI is InChI=1S/C27H27N3O5/c1-16-12-25(28-18-6-9-20(32-2)10-7-18)30-22-11-8-19(15-21(16)22)29-27(31)17-13-23(33-3)26(35-5)24(14-17)34-4/h6-15H,1-5H3,(H,28,30)(H,29,31). The van der Waals surface area contributed by atoms with Crippen LogP contribution in [0, 0.1) is 6.92 Å². The highest BCUT2D eigenvalue weighted by Gasteiger charge is 2.17. The minimum Gasteiger partial charge on any atom is -0.497 e. The van der Waals surface area contributed by atoms with E-state index in [0.717, 1.165) is 33.7 Å². The van der Waals surface area contributed by atoms with Gasteiger partial charge in [-0.05, 0) is 73.2 Å². The van der Waals surface area contributed by atoms with Gasteiger partial charge in [0.1, 0.15) is 11.6 Å². The highest BCUT2D eigenvalue weighted by Crippen LogP contribution is 2.38. The first-order chi connectivity index (χ1) is 16.9. The van der Waals surface area contributed by atoms with Crippen LogP contribution >= 0.6 is 0 Å². The lowest BCUT2D eigenvalue weighted by molar-refractivity contribution is 0.102.